The molecule has 1 unspecified atom stereocenters. The Morgan fingerprint density at radius 1 is 1.53 bits per heavy atom. The molecule has 5 heteroatoms. The minimum atomic E-state index is -0.252. The predicted molar refractivity (Wildman–Crippen MR) is 71.3 cm³/mol. The van der Waals surface area contributed by atoms with Crippen LogP contribution in [-0.4, -0.2) is 18.9 Å². The molecule has 0 radical (unpaired) electrons. The molecule has 0 saturated heterocycles. The molecule has 0 aliphatic rings. The molecule has 0 fully saturated rings. The third-order valence-electron chi connectivity index (χ3n) is 2.42. The molecule has 0 spiro atoms. The summed E-state index contributed by atoms with van der Waals surface area (Å²) >= 11 is 11.6. The number of rotatable bonds is 4. The number of carbonyl (C=O) groups excluding carboxylic acids is 1. The molecule has 1 N–H and O–H groups in total. The zero-order valence-corrected chi connectivity index (χ0v) is 11.5. The van der Waals surface area contributed by atoms with Crippen molar-refractivity contribution in [3.63, 3.8) is 0 Å². The Balaban J connectivity index is 2.97. The predicted octanol–water partition coefficient (Wildman–Crippen LogP) is 3.47. The number of hydrogen-bond acceptors (Lipinski definition) is 2. The van der Waals surface area contributed by atoms with Crippen LogP contribution in [0.15, 0.2) is 12.1 Å². The van der Waals surface area contributed by atoms with Crippen LogP contribution in [0.25, 0.3) is 0 Å². The zero-order chi connectivity index (χ0) is 13.0. The molecule has 0 saturated carbocycles. The molecule has 0 aliphatic carbocycles. The number of methoxy groups -OCH3 is 1. The average Bonchev–Trinajstić information content (AvgIpc) is 2.32. The number of halogens is 2. The number of alkyl halides is 1. The van der Waals surface area contributed by atoms with Gasteiger partial charge in [-0.25, -0.2) is 0 Å². The van der Waals surface area contributed by atoms with Gasteiger partial charge in [0.1, 0.15) is 5.75 Å². The molecule has 1 amide bonds. The van der Waals surface area contributed by atoms with Crippen molar-refractivity contribution in [2.24, 2.45) is 5.92 Å². The quantitative estimate of drug-likeness (QED) is 0.855. The van der Waals surface area contributed by atoms with E-state index in [-0.39, 0.29) is 17.7 Å². The average molecular weight is 276 g/mol. The molecule has 0 aromatic heterocycles. The molecule has 94 valence electrons. The van der Waals surface area contributed by atoms with Crippen molar-refractivity contribution >= 4 is 34.8 Å². The fraction of sp³-hybridized carbons (Fsp3) is 0.417. The van der Waals surface area contributed by atoms with Gasteiger partial charge in [0.2, 0.25) is 5.91 Å². The monoisotopic (exact) mass is 275 g/mol. The Labute approximate surface area is 111 Å². The molecule has 17 heavy (non-hydrogen) atoms. The number of amides is 1. The Morgan fingerprint density at radius 3 is 2.71 bits per heavy atom. The number of carbonyl (C=O) groups is 1. The van der Waals surface area contributed by atoms with E-state index in [9.17, 15) is 4.79 Å². The Hall–Kier alpha value is -0.930. The minimum absolute atomic E-state index is 0.139. The summed E-state index contributed by atoms with van der Waals surface area (Å²) in [6.07, 6.45) is 0. The molecule has 1 atom stereocenters. The van der Waals surface area contributed by atoms with E-state index in [4.69, 9.17) is 27.9 Å². The lowest BCUT2D eigenvalue weighted by molar-refractivity contribution is -0.118. The first-order chi connectivity index (χ1) is 7.99. The number of hydrogen-bond donors (Lipinski definition) is 1. The molecular formula is C12H15Cl2NO2. The van der Waals surface area contributed by atoms with Gasteiger partial charge in [-0.3, -0.25) is 4.79 Å². The lowest BCUT2D eigenvalue weighted by Gasteiger charge is -2.14. The second-order valence-corrected chi connectivity index (χ2v) is 4.56. The number of aryl methyl sites for hydroxylation is 1. The highest BCUT2D eigenvalue weighted by Crippen LogP contribution is 2.31. The number of ether oxygens (including phenoxy) is 1. The van der Waals surface area contributed by atoms with E-state index in [1.54, 1.807) is 19.1 Å². The molecule has 1 aromatic rings. The molecule has 0 aliphatic heterocycles. The Kier molecular flexibility index (Phi) is 5.09. The molecule has 1 aromatic carbocycles. The van der Waals surface area contributed by atoms with Gasteiger partial charge in [-0.05, 0) is 18.6 Å². The highest BCUT2D eigenvalue weighted by Gasteiger charge is 2.15. The van der Waals surface area contributed by atoms with Crippen molar-refractivity contribution in [2.45, 2.75) is 13.8 Å². The first kappa shape index (κ1) is 14.1. The molecule has 0 bridgehead atoms. The summed E-state index contributed by atoms with van der Waals surface area (Å²) in [6, 6.07) is 3.46. The van der Waals surface area contributed by atoms with Gasteiger partial charge < -0.3 is 10.1 Å². The minimum Gasteiger partial charge on any atom is -0.495 e. The highest BCUT2D eigenvalue weighted by molar-refractivity contribution is 6.31. The first-order valence-electron chi connectivity index (χ1n) is 5.20. The normalized spacial score (nSPS) is 12.1. The number of benzene rings is 1. The third kappa shape index (κ3) is 3.51. The van der Waals surface area contributed by atoms with Crippen LogP contribution in [0.5, 0.6) is 5.75 Å². The zero-order valence-electron chi connectivity index (χ0n) is 10.0. The fourth-order valence-electron chi connectivity index (χ4n) is 1.26. The smallest absolute Gasteiger partial charge is 0.228 e. The summed E-state index contributed by atoms with van der Waals surface area (Å²) < 4.78 is 5.16. The Morgan fingerprint density at radius 2 is 2.18 bits per heavy atom. The summed E-state index contributed by atoms with van der Waals surface area (Å²) in [5, 5.41) is 3.38. The number of nitrogens with one attached hydrogen (secondary N) is 1. The van der Waals surface area contributed by atoms with Gasteiger partial charge in [0, 0.05) is 22.9 Å². The van der Waals surface area contributed by atoms with E-state index in [2.05, 4.69) is 5.32 Å². The third-order valence-corrected chi connectivity index (χ3v) is 3.29. The Bertz CT molecular complexity index is 421. The van der Waals surface area contributed by atoms with Crippen molar-refractivity contribution < 1.29 is 9.53 Å². The summed E-state index contributed by atoms with van der Waals surface area (Å²) in [5.41, 5.74) is 1.48. The van der Waals surface area contributed by atoms with Gasteiger partial charge in [-0.2, -0.15) is 0 Å². The van der Waals surface area contributed by atoms with Gasteiger partial charge in [-0.15, -0.1) is 11.6 Å². The van der Waals surface area contributed by atoms with E-state index in [1.165, 1.54) is 7.11 Å². The lowest BCUT2D eigenvalue weighted by atomic mass is 10.1. The maximum absolute atomic E-state index is 11.7. The van der Waals surface area contributed by atoms with E-state index in [0.29, 0.717) is 16.5 Å². The van der Waals surface area contributed by atoms with Crippen LogP contribution in [0.1, 0.15) is 12.5 Å². The largest absolute Gasteiger partial charge is 0.495 e. The van der Waals surface area contributed by atoms with E-state index >= 15 is 0 Å². The van der Waals surface area contributed by atoms with Crippen molar-refractivity contribution in [3.8, 4) is 5.75 Å². The lowest BCUT2D eigenvalue weighted by Crippen LogP contribution is -2.21. The van der Waals surface area contributed by atoms with Crippen LogP contribution in [-0.2, 0) is 4.79 Å². The summed E-state index contributed by atoms with van der Waals surface area (Å²) in [4.78, 5) is 11.7. The van der Waals surface area contributed by atoms with E-state index in [1.807, 2.05) is 6.92 Å². The number of anilines is 1. The van der Waals surface area contributed by atoms with Gasteiger partial charge in [-0.1, -0.05) is 18.5 Å². The second-order valence-electron chi connectivity index (χ2n) is 3.85. The highest BCUT2D eigenvalue weighted by atomic mass is 35.5. The van der Waals surface area contributed by atoms with Crippen LogP contribution in [0.4, 0.5) is 5.69 Å². The van der Waals surface area contributed by atoms with Crippen LogP contribution >= 0.6 is 23.2 Å². The van der Waals surface area contributed by atoms with Crippen LogP contribution < -0.4 is 10.1 Å². The standard InChI is InChI=1S/C12H15Cl2NO2/c1-7-4-10(11(17-3)5-9(7)14)15-12(16)8(2)6-13/h4-5,8H,6H2,1-3H3,(H,15,16). The molecule has 3 nitrogen and oxygen atoms in total. The van der Waals surface area contributed by atoms with E-state index < -0.39 is 0 Å². The van der Waals surface area contributed by atoms with Gasteiger partial charge in [0.25, 0.3) is 0 Å². The topological polar surface area (TPSA) is 38.3 Å². The maximum atomic E-state index is 11.7. The van der Waals surface area contributed by atoms with Crippen LogP contribution in [0.2, 0.25) is 5.02 Å². The summed E-state index contributed by atoms with van der Waals surface area (Å²) in [7, 11) is 1.53. The van der Waals surface area contributed by atoms with Gasteiger partial charge in [0.15, 0.2) is 0 Å². The fourth-order valence-corrected chi connectivity index (χ4v) is 1.55. The molecule has 0 heterocycles. The van der Waals surface area contributed by atoms with Crippen LogP contribution in [0.3, 0.4) is 0 Å². The van der Waals surface area contributed by atoms with Crippen molar-refractivity contribution in [3.05, 3.63) is 22.7 Å². The van der Waals surface area contributed by atoms with Gasteiger partial charge >= 0.3 is 0 Å². The second kappa shape index (κ2) is 6.12. The molecular weight excluding hydrogens is 261 g/mol. The van der Waals surface area contributed by atoms with Crippen molar-refractivity contribution in [2.75, 3.05) is 18.3 Å². The summed E-state index contributed by atoms with van der Waals surface area (Å²) in [5.74, 6) is 0.425. The first-order valence-corrected chi connectivity index (χ1v) is 6.11. The van der Waals surface area contributed by atoms with Crippen molar-refractivity contribution in [1.29, 1.82) is 0 Å². The SMILES string of the molecule is COc1cc(Cl)c(C)cc1NC(=O)C(C)CCl. The van der Waals surface area contributed by atoms with E-state index in [0.717, 1.165) is 5.56 Å². The maximum Gasteiger partial charge on any atom is 0.228 e. The van der Waals surface area contributed by atoms with Crippen molar-refractivity contribution in [1.82, 2.24) is 0 Å². The molecule has 1 rings (SSSR count). The summed E-state index contributed by atoms with van der Waals surface area (Å²) in [6.45, 7) is 3.62. The van der Waals surface area contributed by atoms with Crippen LogP contribution in [0, 0.1) is 12.8 Å². The van der Waals surface area contributed by atoms with Gasteiger partial charge in [0.05, 0.1) is 12.8 Å².